The Labute approximate surface area is 221 Å². The first-order chi connectivity index (χ1) is 17.7. The van der Waals surface area contributed by atoms with E-state index >= 15 is 0 Å². The third kappa shape index (κ3) is 9.48. The standard InChI is InChI=1S/C28H40N2O6S/c1-5-7-14-19-30(24(4)31)37(33,34)28(36-22-26-17-12-9-13-18-26)29(20-23(3)6-2)27(32)35-21-25-15-10-8-11-16-25/h8-13,15-18,23,28H,5-7,14,19-22H2,1-4H3/t23?,28-/m0/s1. The molecule has 1 unspecified atom stereocenters. The molecule has 0 aromatic heterocycles. The van der Waals surface area contributed by atoms with Crippen molar-refractivity contribution in [1.29, 1.82) is 0 Å². The molecule has 9 heteroatoms. The number of rotatable bonds is 15. The highest BCUT2D eigenvalue weighted by Gasteiger charge is 2.42. The minimum atomic E-state index is -4.41. The smallest absolute Gasteiger partial charge is 0.413 e. The second-order valence-electron chi connectivity index (χ2n) is 9.15. The predicted molar refractivity (Wildman–Crippen MR) is 144 cm³/mol. The van der Waals surface area contributed by atoms with Gasteiger partial charge in [0.2, 0.25) is 5.91 Å². The molecule has 0 fully saturated rings. The molecule has 0 bridgehead atoms. The SMILES string of the molecule is CCCCCN(C(C)=O)S(=O)(=O)[C@H](OCc1ccccc1)N(CC(C)CC)C(=O)OCc1ccccc1. The molecule has 0 heterocycles. The normalized spacial score (nSPS) is 13.0. The van der Waals surface area contributed by atoms with Gasteiger partial charge in [0.1, 0.15) is 6.61 Å². The molecule has 204 valence electrons. The number of hydrogen-bond donors (Lipinski definition) is 0. The zero-order chi connectivity index (χ0) is 27.3. The van der Waals surface area contributed by atoms with Crippen LogP contribution in [0.25, 0.3) is 0 Å². The number of nitrogens with zero attached hydrogens (tertiary/aromatic N) is 2. The second-order valence-corrected chi connectivity index (χ2v) is 11.0. The van der Waals surface area contributed by atoms with Gasteiger partial charge in [-0.15, -0.1) is 0 Å². The van der Waals surface area contributed by atoms with Crippen molar-refractivity contribution in [2.24, 2.45) is 5.92 Å². The van der Waals surface area contributed by atoms with Gasteiger partial charge in [0, 0.05) is 20.0 Å². The molecular weight excluding hydrogens is 492 g/mol. The summed E-state index contributed by atoms with van der Waals surface area (Å²) in [5.74, 6) is -0.654. The average Bonchev–Trinajstić information content (AvgIpc) is 2.89. The topological polar surface area (TPSA) is 93.2 Å². The maximum atomic E-state index is 13.9. The van der Waals surface area contributed by atoms with E-state index in [9.17, 15) is 18.0 Å². The number of ether oxygens (including phenoxy) is 2. The van der Waals surface area contributed by atoms with Crippen molar-refractivity contribution in [2.45, 2.75) is 72.2 Å². The molecule has 0 aliphatic carbocycles. The van der Waals surface area contributed by atoms with Gasteiger partial charge in [-0.1, -0.05) is 101 Å². The van der Waals surface area contributed by atoms with Crippen LogP contribution in [-0.2, 0) is 37.5 Å². The van der Waals surface area contributed by atoms with Crippen LogP contribution in [0.15, 0.2) is 60.7 Å². The molecule has 0 radical (unpaired) electrons. The lowest BCUT2D eigenvalue weighted by Gasteiger charge is -2.35. The number of unbranched alkanes of at least 4 members (excludes halogenated alkanes) is 2. The van der Waals surface area contributed by atoms with Gasteiger partial charge in [0.15, 0.2) is 0 Å². The van der Waals surface area contributed by atoms with Crippen LogP contribution in [0, 0.1) is 5.92 Å². The number of carbonyl (C=O) groups excluding carboxylic acids is 2. The summed E-state index contributed by atoms with van der Waals surface area (Å²) < 4.78 is 40.1. The van der Waals surface area contributed by atoms with Crippen molar-refractivity contribution in [3.05, 3.63) is 71.8 Å². The van der Waals surface area contributed by atoms with Gasteiger partial charge in [-0.05, 0) is 23.5 Å². The fourth-order valence-corrected chi connectivity index (χ4v) is 5.36. The first kappa shape index (κ1) is 30.3. The first-order valence-electron chi connectivity index (χ1n) is 12.9. The summed E-state index contributed by atoms with van der Waals surface area (Å²) in [5.41, 5.74) is -0.214. The fourth-order valence-electron chi connectivity index (χ4n) is 3.67. The summed E-state index contributed by atoms with van der Waals surface area (Å²) in [5, 5.41) is 0. The lowest BCUT2D eigenvalue weighted by Crippen LogP contribution is -2.54. The lowest BCUT2D eigenvalue weighted by molar-refractivity contribution is -0.124. The van der Waals surface area contributed by atoms with Crippen LogP contribution < -0.4 is 0 Å². The van der Waals surface area contributed by atoms with Crippen molar-refractivity contribution in [3.8, 4) is 0 Å². The van der Waals surface area contributed by atoms with E-state index in [0.717, 1.165) is 33.2 Å². The maximum Gasteiger partial charge on any atom is 0.413 e. The number of sulfonamides is 1. The molecule has 0 aliphatic heterocycles. The second kappa shape index (κ2) is 15.4. The van der Waals surface area contributed by atoms with Crippen molar-refractivity contribution in [3.63, 3.8) is 0 Å². The number of hydrogen-bond acceptors (Lipinski definition) is 6. The van der Waals surface area contributed by atoms with Gasteiger partial charge in [-0.2, -0.15) is 0 Å². The summed E-state index contributed by atoms with van der Waals surface area (Å²) in [7, 11) is -4.41. The monoisotopic (exact) mass is 532 g/mol. The van der Waals surface area contributed by atoms with Crippen LogP contribution in [0.2, 0.25) is 0 Å². The van der Waals surface area contributed by atoms with E-state index in [1.54, 1.807) is 12.1 Å². The van der Waals surface area contributed by atoms with E-state index in [0.29, 0.717) is 12.8 Å². The van der Waals surface area contributed by atoms with E-state index < -0.39 is 27.6 Å². The van der Waals surface area contributed by atoms with Gasteiger partial charge in [0.25, 0.3) is 15.6 Å². The van der Waals surface area contributed by atoms with Crippen LogP contribution in [0.5, 0.6) is 0 Å². The highest BCUT2D eigenvalue weighted by molar-refractivity contribution is 7.90. The van der Waals surface area contributed by atoms with E-state index in [1.807, 2.05) is 69.3 Å². The van der Waals surface area contributed by atoms with Gasteiger partial charge < -0.3 is 9.47 Å². The molecule has 0 N–H and O–H groups in total. The molecule has 2 aromatic rings. The molecule has 0 spiro atoms. The summed E-state index contributed by atoms with van der Waals surface area (Å²) in [6.45, 7) is 7.11. The maximum absolute atomic E-state index is 13.9. The van der Waals surface area contributed by atoms with Gasteiger partial charge in [-0.25, -0.2) is 17.5 Å². The number of benzene rings is 2. The van der Waals surface area contributed by atoms with E-state index in [4.69, 9.17) is 9.47 Å². The molecule has 0 aliphatic rings. The quantitative estimate of drug-likeness (QED) is 0.221. The Balaban J connectivity index is 2.43. The summed E-state index contributed by atoms with van der Waals surface area (Å²) in [6, 6.07) is 18.2. The third-order valence-electron chi connectivity index (χ3n) is 6.01. The fraction of sp³-hybridized carbons (Fsp3) is 0.500. The Morgan fingerprint density at radius 2 is 1.46 bits per heavy atom. The lowest BCUT2D eigenvalue weighted by atomic mass is 10.1. The largest absolute Gasteiger partial charge is 0.444 e. The highest BCUT2D eigenvalue weighted by atomic mass is 32.2. The Hall–Kier alpha value is -2.91. The van der Waals surface area contributed by atoms with Crippen molar-refractivity contribution < 1.29 is 27.5 Å². The molecule has 8 nitrogen and oxygen atoms in total. The van der Waals surface area contributed by atoms with Crippen LogP contribution in [0.3, 0.4) is 0 Å². The highest BCUT2D eigenvalue weighted by Crippen LogP contribution is 2.22. The van der Waals surface area contributed by atoms with E-state index in [1.165, 1.54) is 6.92 Å². The number of amides is 2. The van der Waals surface area contributed by atoms with E-state index in [2.05, 4.69) is 0 Å². The molecule has 2 rings (SSSR count). The zero-order valence-electron chi connectivity index (χ0n) is 22.3. The third-order valence-corrected chi connectivity index (χ3v) is 7.97. The minimum Gasteiger partial charge on any atom is -0.444 e. The predicted octanol–water partition coefficient (Wildman–Crippen LogP) is 5.54. The Kier molecular flexibility index (Phi) is 12.6. The Bertz CT molecular complexity index is 1060. The van der Waals surface area contributed by atoms with Crippen molar-refractivity contribution >= 4 is 22.0 Å². The molecule has 0 saturated carbocycles. The summed E-state index contributed by atoms with van der Waals surface area (Å²) >= 11 is 0. The Morgan fingerprint density at radius 1 is 0.892 bits per heavy atom. The van der Waals surface area contributed by atoms with Gasteiger partial charge in [0.05, 0.1) is 6.61 Å². The number of carbonyl (C=O) groups is 2. The van der Waals surface area contributed by atoms with Crippen molar-refractivity contribution in [2.75, 3.05) is 13.1 Å². The van der Waals surface area contributed by atoms with E-state index in [-0.39, 0.29) is 32.2 Å². The molecular formula is C28H40N2O6S. The van der Waals surface area contributed by atoms with Crippen LogP contribution in [0.4, 0.5) is 4.79 Å². The van der Waals surface area contributed by atoms with Crippen LogP contribution in [-0.4, -0.2) is 48.3 Å². The first-order valence-corrected chi connectivity index (χ1v) is 14.4. The molecule has 2 aromatic carbocycles. The van der Waals surface area contributed by atoms with Gasteiger partial charge >= 0.3 is 6.09 Å². The van der Waals surface area contributed by atoms with Crippen molar-refractivity contribution in [1.82, 2.24) is 9.21 Å². The van der Waals surface area contributed by atoms with Crippen LogP contribution in [0.1, 0.15) is 64.5 Å². The summed E-state index contributed by atoms with van der Waals surface area (Å²) in [4.78, 5) is 27.0. The minimum absolute atomic E-state index is 0.0188. The summed E-state index contributed by atoms with van der Waals surface area (Å²) in [6.07, 6.45) is 2.05. The van der Waals surface area contributed by atoms with Gasteiger partial charge in [-0.3, -0.25) is 9.69 Å². The van der Waals surface area contributed by atoms with Crippen LogP contribution >= 0.6 is 0 Å². The molecule has 2 atom stereocenters. The zero-order valence-corrected chi connectivity index (χ0v) is 23.2. The molecule has 37 heavy (non-hydrogen) atoms. The Morgan fingerprint density at radius 3 is 1.97 bits per heavy atom. The molecule has 2 amide bonds. The average molecular weight is 533 g/mol. The molecule has 0 saturated heterocycles.